The molecule has 2 aliphatic rings. The Labute approximate surface area is 162 Å². The first-order chi connectivity index (χ1) is 13.0. The molecule has 0 spiro atoms. The zero-order valence-corrected chi connectivity index (χ0v) is 15.9. The number of carboxylic acid groups (broad SMARTS) is 1. The molecule has 4 rings (SSSR count). The van der Waals surface area contributed by atoms with Crippen LogP contribution in [0.3, 0.4) is 0 Å². The van der Waals surface area contributed by atoms with Crippen molar-refractivity contribution in [3.63, 3.8) is 0 Å². The molecule has 1 amide bonds. The normalized spacial score (nSPS) is 17.0. The predicted molar refractivity (Wildman–Crippen MR) is 106 cm³/mol. The number of hydrogen-bond acceptors (Lipinski definition) is 2. The zero-order valence-electron chi connectivity index (χ0n) is 15.1. The topological polar surface area (TPSA) is 82.2 Å². The van der Waals surface area contributed by atoms with E-state index >= 15 is 0 Å². The van der Waals surface area contributed by atoms with Crippen molar-refractivity contribution >= 4 is 40.8 Å². The summed E-state index contributed by atoms with van der Waals surface area (Å²) in [6.45, 7) is 1.90. The van der Waals surface area contributed by atoms with E-state index in [1.54, 1.807) is 6.07 Å². The summed E-state index contributed by atoms with van der Waals surface area (Å²) < 4.78 is 0. The fourth-order valence-corrected chi connectivity index (χ4v) is 4.30. The molecule has 0 unspecified atom stereocenters. The summed E-state index contributed by atoms with van der Waals surface area (Å²) in [5.41, 5.74) is 7.30. The van der Waals surface area contributed by atoms with E-state index in [0.29, 0.717) is 17.0 Å². The number of H-pyrrole nitrogens is 1. The number of hydrogen-bond donors (Lipinski definition) is 3. The van der Waals surface area contributed by atoms with E-state index in [2.05, 4.69) is 10.3 Å². The molecule has 140 valence electrons. The number of rotatable bonds is 4. The molecule has 0 saturated heterocycles. The van der Waals surface area contributed by atoms with E-state index in [9.17, 15) is 9.59 Å². The van der Waals surface area contributed by atoms with E-state index in [-0.39, 0.29) is 12.3 Å². The van der Waals surface area contributed by atoms with Crippen molar-refractivity contribution < 1.29 is 14.7 Å². The maximum absolute atomic E-state index is 12.6. The largest absolute Gasteiger partial charge is 0.481 e. The van der Waals surface area contributed by atoms with Gasteiger partial charge in [-0.25, -0.2) is 0 Å². The van der Waals surface area contributed by atoms with Gasteiger partial charge in [-0.1, -0.05) is 11.6 Å². The fraction of sp³-hybridized carbons (Fsp3) is 0.333. The maximum Gasteiger partial charge on any atom is 0.303 e. The lowest BCUT2D eigenvalue weighted by Crippen LogP contribution is -2.05. The molecular formula is C21H21ClN2O3. The van der Waals surface area contributed by atoms with Crippen molar-refractivity contribution in [3.8, 4) is 0 Å². The summed E-state index contributed by atoms with van der Waals surface area (Å²) in [6, 6.07) is 3.60. The highest BCUT2D eigenvalue weighted by Crippen LogP contribution is 2.39. The number of benzene rings is 1. The average Bonchev–Trinajstić information content (AvgIpc) is 3.14. The number of aliphatic carboxylic acids is 1. The van der Waals surface area contributed by atoms with Gasteiger partial charge in [0.2, 0.25) is 0 Å². The fourth-order valence-electron chi connectivity index (χ4n) is 4.14. The van der Waals surface area contributed by atoms with E-state index < -0.39 is 5.97 Å². The third-order valence-corrected chi connectivity index (χ3v) is 5.89. The number of halogens is 1. The number of carbonyl (C=O) groups is 2. The van der Waals surface area contributed by atoms with Gasteiger partial charge in [-0.05, 0) is 73.9 Å². The summed E-state index contributed by atoms with van der Waals surface area (Å²) in [7, 11) is 0. The van der Waals surface area contributed by atoms with Crippen molar-refractivity contribution in [2.75, 3.05) is 5.32 Å². The van der Waals surface area contributed by atoms with Crippen LogP contribution < -0.4 is 5.32 Å². The lowest BCUT2D eigenvalue weighted by Gasteiger charge is -2.12. The highest BCUT2D eigenvalue weighted by molar-refractivity contribution is 6.37. The van der Waals surface area contributed by atoms with Gasteiger partial charge in [-0.15, -0.1) is 0 Å². The van der Waals surface area contributed by atoms with Crippen LogP contribution in [0, 0.1) is 6.92 Å². The SMILES string of the molecule is Cc1c(Cl)ccc2c1C(=Cc1[nH]c3c(c1CCC(=O)O)CCCC3)C(=O)N2. The van der Waals surface area contributed by atoms with Crippen LogP contribution in [0.4, 0.5) is 5.69 Å². The first kappa shape index (κ1) is 17.9. The second kappa shape index (κ2) is 6.89. The first-order valence-electron chi connectivity index (χ1n) is 9.22. The number of aryl methyl sites for hydroxylation is 1. The monoisotopic (exact) mass is 384 g/mol. The molecule has 1 aliphatic heterocycles. The Bertz CT molecular complexity index is 988. The van der Waals surface area contributed by atoms with Crippen LogP contribution in [-0.4, -0.2) is 22.0 Å². The van der Waals surface area contributed by atoms with Crippen molar-refractivity contribution in [3.05, 3.63) is 50.8 Å². The molecule has 1 aromatic heterocycles. The van der Waals surface area contributed by atoms with Crippen LogP contribution in [0.2, 0.25) is 5.02 Å². The van der Waals surface area contributed by atoms with Gasteiger partial charge in [0, 0.05) is 34.1 Å². The molecule has 1 aromatic carbocycles. The highest BCUT2D eigenvalue weighted by Gasteiger charge is 2.28. The van der Waals surface area contributed by atoms with Gasteiger partial charge >= 0.3 is 5.97 Å². The number of nitrogens with one attached hydrogen (secondary N) is 2. The van der Waals surface area contributed by atoms with Crippen molar-refractivity contribution in [2.45, 2.75) is 45.4 Å². The van der Waals surface area contributed by atoms with Crippen LogP contribution in [0.15, 0.2) is 12.1 Å². The van der Waals surface area contributed by atoms with Crippen LogP contribution >= 0.6 is 11.6 Å². The molecule has 2 aromatic rings. The lowest BCUT2D eigenvalue weighted by molar-refractivity contribution is -0.137. The van der Waals surface area contributed by atoms with E-state index in [0.717, 1.165) is 53.8 Å². The van der Waals surface area contributed by atoms with Gasteiger partial charge in [0.25, 0.3) is 5.91 Å². The van der Waals surface area contributed by atoms with Crippen molar-refractivity contribution in [1.82, 2.24) is 4.98 Å². The Kier molecular flexibility index (Phi) is 4.56. The summed E-state index contributed by atoms with van der Waals surface area (Å²) in [6.07, 6.45) is 6.56. The Morgan fingerprint density at radius 2 is 2.07 bits per heavy atom. The summed E-state index contributed by atoms with van der Waals surface area (Å²) in [5.74, 6) is -0.974. The number of anilines is 1. The molecule has 0 saturated carbocycles. The maximum atomic E-state index is 12.6. The molecule has 5 nitrogen and oxygen atoms in total. The van der Waals surface area contributed by atoms with Crippen molar-refractivity contribution in [1.29, 1.82) is 0 Å². The average molecular weight is 385 g/mol. The molecule has 6 heteroatoms. The number of amides is 1. The van der Waals surface area contributed by atoms with Crippen LogP contribution in [0.25, 0.3) is 11.6 Å². The smallest absolute Gasteiger partial charge is 0.303 e. The number of aromatic amines is 1. The van der Waals surface area contributed by atoms with Gasteiger partial charge in [0.1, 0.15) is 0 Å². The molecule has 27 heavy (non-hydrogen) atoms. The first-order valence-corrected chi connectivity index (χ1v) is 9.60. The Balaban J connectivity index is 1.83. The van der Waals surface area contributed by atoms with Gasteiger partial charge in [-0.2, -0.15) is 0 Å². The predicted octanol–water partition coefficient (Wildman–Crippen LogP) is 4.37. The molecule has 0 atom stereocenters. The summed E-state index contributed by atoms with van der Waals surface area (Å²) >= 11 is 6.27. The molecule has 3 N–H and O–H groups in total. The van der Waals surface area contributed by atoms with Crippen LogP contribution in [0.1, 0.15) is 52.9 Å². The highest BCUT2D eigenvalue weighted by atomic mass is 35.5. The number of carboxylic acids is 1. The van der Waals surface area contributed by atoms with Crippen LogP contribution in [-0.2, 0) is 28.9 Å². The molecule has 0 radical (unpaired) electrons. The molecule has 1 aliphatic carbocycles. The van der Waals surface area contributed by atoms with Gasteiger partial charge in [0.15, 0.2) is 0 Å². The van der Waals surface area contributed by atoms with Gasteiger partial charge < -0.3 is 15.4 Å². The minimum Gasteiger partial charge on any atom is -0.481 e. The van der Waals surface area contributed by atoms with Crippen molar-refractivity contribution in [2.24, 2.45) is 0 Å². The molecular weight excluding hydrogens is 364 g/mol. The molecule has 0 fully saturated rings. The minimum absolute atomic E-state index is 0.0775. The van der Waals surface area contributed by atoms with E-state index in [1.807, 2.05) is 19.1 Å². The third-order valence-electron chi connectivity index (χ3n) is 5.48. The summed E-state index contributed by atoms with van der Waals surface area (Å²) in [5, 5.41) is 12.6. The summed E-state index contributed by atoms with van der Waals surface area (Å²) in [4.78, 5) is 27.2. The Morgan fingerprint density at radius 3 is 2.85 bits per heavy atom. The molecule has 0 bridgehead atoms. The Hall–Kier alpha value is -2.53. The second-order valence-corrected chi connectivity index (χ2v) is 7.59. The minimum atomic E-state index is -0.814. The molecule has 2 heterocycles. The van der Waals surface area contributed by atoms with Crippen LogP contribution in [0.5, 0.6) is 0 Å². The standard InChI is InChI=1S/C21H21ClN2O3/c1-11-15(22)7-8-17-20(11)14(21(27)24-17)10-18-13(6-9-19(25)26)12-4-2-3-5-16(12)23-18/h7-8,10,23H,2-6,9H2,1H3,(H,24,27)(H,25,26). The lowest BCUT2D eigenvalue weighted by atomic mass is 9.92. The van der Waals surface area contributed by atoms with Gasteiger partial charge in [-0.3, -0.25) is 9.59 Å². The Morgan fingerprint density at radius 1 is 1.30 bits per heavy atom. The number of fused-ring (bicyclic) bond motifs is 2. The number of carbonyl (C=O) groups excluding carboxylic acids is 1. The second-order valence-electron chi connectivity index (χ2n) is 7.18. The van der Waals surface area contributed by atoms with E-state index in [1.165, 1.54) is 11.3 Å². The zero-order chi connectivity index (χ0) is 19.1. The number of aromatic nitrogens is 1. The quantitative estimate of drug-likeness (QED) is 0.685. The van der Waals surface area contributed by atoms with Gasteiger partial charge in [0.05, 0.1) is 5.57 Å². The third kappa shape index (κ3) is 3.16. The van der Waals surface area contributed by atoms with E-state index in [4.69, 9.17) is 16.7 Å².